The Morgan fingerprint density at radius 3 is 2.79 bits per heavy atom. The molecule has 0 aliphatic carbocycles. The van der Waals surface area contributed by atoms with Crippen LogP contribution in [0.2, 0.25) is 0 Å². The van der Waals surface area contributed by atoms with Crippen molar-refractivity contribution in [2.75, 3.05) is 0 Å². The molecule has 19 heavy (non-hydrogen) atoms. The average molecular weight is 257 g/mol. The normalized spacial score (nSPS) is 10.8. The number of carbonyl (C=O) groups is 1. The van der Waals surface area contributed by atoms with E-state index in [0.29, 0.717) is 16.7 Å². The van der Waals surface area contributed by atoms with Crippen molar-refractivity contribution in [2.45, 2.75) is 0 Å². The quantitative estimate of drug-likeness (QED) is 0.764. The first-order valence-corrected chi connectivity index (χ1v) is 5.50. The number of hydrogen-bond acceptors (Lipinski definition) is 3. The van der Waals surface area contributed by atoms with Gasteiger partial charge in [-0.3, -0.25) is 0 Å². The zero-order valence-electron chi connectivity index (χ0n) is 9.62. The van der Waals surface area contributed by atoms with Crippen LogP contribution in [0.5, 0.6) is 0 Å². The summed E-state index contributed by atoms with van der Waals surface area (Å²) in [6.07, 6.45) is 0. The molecular formula is C13H8FN3O2. The molecule has 0 saturated heterocycles. The lowest BCUT2D eigenvalue weighted by Gasteiger charge is -2.02. The summed E-state index contributed by atoms with van der Waals surface area (Å²) in [5.74, 6) is -1.40. The van der Waals surface area contributed by atoms with Crippen molar-refractivity contribution in [3.63, 3.8) is 0 Å². The molecule has 0 fully saturated rings. The Morgan fingerprint density at radius 1 is 1.21 bits per heavy atom. The van der Waals surface area contributed by atoms with Crippen molar-refractivity contribution >= 4 is 17.0 Å². The van der Waals surface area contributed by atoms with Crippen LogP contribution >= 0.6 is 0 Å². The van der Waals surface area contributed by atoms with Crippen molar-refractivity contribution in [2.24, 2.45) is 0 Å². The van der Waals surface area contributed by atoms with E-state index >= 15 is 0 Å². The summed E-state index contributed by atoms with van der Waals surface area (Å²) in [6.45, 7) is 0. The Balaban J connectivity index is 2.18. The highest BCUT2D eigenvalue weighted by atomic mass is 19.1. The largest absolute Gasteiger partial charge is 0.478 e. The van der Waals surface area contributed by atoms with Gasteiger partial charge in [-0.1, -0.05) is 11.3 Å². The fourth-order valence-electron chi connectivity index (χ4n) is 1.86. The summed E-state index contributed by atoms with van der Waals surface area (Å²) < 4.78 is 14.7. The van der Waals surface area contributed by atoms with Crippen LogP contribution in [0.1, 0.15) is 10.4 Å². The number of benzene rings is 2. The number of aromatic nitrogens is 3. The maximum absolute atomic E-state index is 13.2. The second-order valence-electron chi connectivity index (χ2n) is 3.99. The van der Waals surface area contributed by atoms with Gasteiger partial charge < -0.3 is 5.11 Å². The molecule has 94 valence electrons. The Hall–Kier alpha value is -2.76. The van der Waals surface area contributed by atoms with Crippen LogP contribution in [0.3, 0.4) is 0 Å². The van der Waals surface area contributed by atoms with Crippen molar-refractivity contribution < 1.29 is 14.3 Å². The maximum Gasteiger partial charge on any atom is 0.335 e. The van der Waals surface area contributed by atoms with Gasteiger partial charge >= 0.3 is 5.97 Å². The van der Waals surface area contributed by atoms with Crippen molar-refractivity contribution in [3.8, 4) is 5.69 Å². The predicted octanol–water partition coefficient (Wildman–Crippen LogP) is 2.26. The molecule has 0 radical (unpaired) electrons. The highest BCUT2D eigenvalue weighted by Gasteiger charge is 2.10. The first-order valence-electron chi connectivity index (χ1n) is 5.50. The van der Waals surface area contributed by atoms with Crippen LogP contribution in [0.25, 0.3) is 16.7 Å². The number of halogens is 1. The van der Waals surface area contributed by atoms with Crippen molar-refractivity contribution in [1.82, 2.24) is 15.0 Å². The van der Waals surface area contributed by atoms with Gasteiger partial charge in [0.25, 0.3) is 0 Å². The Kier molecular flexibility index (Phi) is 2.49. The molecule has 0 unspecified atom stereocenters. The Morgan fingerprint density at radius 2 is 2.05 bits per heavy atom. The van der Waals surface area contributed by atoms with Crippen LogP contribution in [0.4, 0.5) is 4.39 Å². The minimum Gasteiger partial charge on any atom is -0.478 e. The topological polar surface area (TPSA) is 68.0 Å². The van der Waals surface area contributed by atoms with E-state index in [1.54, 1.807) is 18.2 Å². The number of hydrogen-bond donors (Lipinski definition) is 1. The summed E-state index contributed by atoms with van der Waals surface area (Å²) in [6, 6.07) is 10.4. The van der Waals surface area contributed by atoms with Gasteiger partial charge in [0.2, 0.25) is 0 Å². The molecule has 3 aromatic rings. The van der Waals surface area contributed by atoms with E-state index < -0.39 is 5.97 Å². The Bertz CT molecular complexity index is 782. The molecule has 1 aromatic heterocycles. The average Bonchev–Trinajstić information content (AvgIpc) is 2.81. The molecule has 0 bridgehead atoms. The van der Waals surface area contributed by atoms with E-state index in [-0.39, 0.29) is 11.4 Å². The number of fused-ring (bicyclic) bond motifs is 1. The molecule has 0 amide bonds. The minimum atomic E-state index is -1.03. The van der Waals surface area contributed by atoms with E-state index in [4.69, 9.17) is 5.11 Å². The molecule has 0 atom stereocenters. The monoisotopic (exact) mass is 257 g/mol. The van der Waals surface area contributed by atoms with Crippen LogP contribution in [0.15, 0.2) is 42.5 Å². The molecule has 0 aliphatic heterocycles. The van der Waals surface area contributed by atoms with Crippen LogP contribution in [0, 0.1) is 5.82 Å². The van der Waals surface area contributed by atoms with E-state index in [1.807, 2.05) is 0 Å². The fraction of sp³-hybridized carbons (Fsp3) is 0. The van der Waals surface area contributed by atoms with E-state index in [0.717, 1.165) is 0 Å². The second kappa shape index (κ2) is 4.16. The number of carboxylic acid groups (broad SMARTS) is 1. The standard InChI is InChI=1S/C13H8FN3O2/c14-9-2-1-3-10(7-9)17-12-5-4-8(13(18)19)6-11(12)15-16-17/h1-7H,(H,18,19). The van der Waals surface area contributed by atoms with Gasteiger partial charge in [0, 0.05) is 0 Å². The SMILES string of the molecule is O=C(O)c1ccc2c(c1)nnn2-c1cccc(F)c1. The minimum absolute atomic E-state index is 0.138. The third-order valence-electron chi connectivity index (χ3n) is 2.75. The summed E-state index contributed by atoms with van der Waals surface area (Å²) in [5, 5.41) is 16.7. The highest BCUT2D eigenvalue weighted by Crippen LogP contribution is 2.18. The number of rotatable bonds is 2. The zero-order chi connectivity index (χ0) is 13.4. The zero-order valence-corrected chi connectivity index (χ0v) is 9.62. The van der Waals surface area contributed by atoms with Gasteiger partial charge in [0.15, 0.2) is 0 Å². The number of carboxylic acids is 1. The van der Waals surface area contributed by atoms with E-state index in [1.165, 1.54) is 28.9 Å². The smallest absolute Gasteiger partial charge is 0.335 e. The Labute approximate surface area is 106 Å². The van der Waals surface area contributed by atoms with Crippen LogP contribution in [-0.4, -0.2) is 26.1 Å². The predicted molar refractivity (Wildman–Crippen MR) is 65.8 cm³/mol. The van der Waals surface area contributed by atoms with Crippen LogP contribution in [-0.2, 0) is 0 Å². The molecule has 0 aliphatic rings. The first kappa shape index (κ1) is 11.3. The highest BCUT2D eigenvalue weighted by molar-refractivity contribution is 5.92. The number of aromatic carboxylic acids is 1. The molecular weight excluding hydrogens is 249 g/mol. The maximum atomic E-state index is 13.2. The lowest BCUT2D eigenvalue weighted by atomic mass is 10.2. The lowest BCUT2D eigenvalue weighted by Crippen LogP contribution is -1.98. The summed E-state index contributed by atoms with van der Waals surface area (Å²) in [7, 11) is 0. The summed E-state index contributed by atoms with van der Waals surface area (Å²) >= 11 is 0. The third-order valence-corrected chi connectivity index (χ3v) is 2.75. The molecule has 3 rings (SSSR count). The molecule has 1 heterocycles. The molecule has 1 N–H and O–H groups in total. The molecule has 0 spiro atoms. The lowest BCUT2D eigenvalue weighted by molar-refractivity contribution is 0.0697. The molecule has 0 saturated carbocycles. The van der Waals surface area contributed by atoms with Crippen molar-refractivity contribution in [1.29, 1.82) is 0 Å². The van der Waals surface area contributed by atoms with Gasteiger partial charge in [-0.2, -0.15) is 0 Å². The molecule has 5 nitrogen and oxygen atoms in total. The number of nitrogens with zero attached hydrogens (tertiary/aromatic N) is 3. The fourth-order valence-corrected chi connectivity index (χ4v) is 1.86. The van der Waals surface area contributed by atoms with Gasteiger partial charge in [-0.05, 0) is 36.4 Å². The molecule has 6 heteroatoms. The van der Waals surface area contributed by atoms with Crippen molar-refractivity contribution in [3.05, 3.63) is 53.8 Å². The second-order valence-corrected chi connectivity index (χ2v) is 3.99. The first-order chi connectivity index (χ1) is 9.15. The van der Waals surface area contributed by atoms with Gasteiger partial charge in [-0.25, -0.2) is 13.9 Å². The van der Waals surface area contributed by atoms with E-state index in [2.05, 4.69) is 10.3 Å². The van der Waals surface area contributed by atoms with Gasteiger partial charge in [0.05, 0.1) is 16.8 Å². The summed E-state index contributed by atoms with van der Waals surface area (Å²) in [5.41, 5.74) is 1.74. The molecule has 2 aromatic carbocycles. The van der Waals surface area contributed by atoms with Gasteiger partial charge in [-0.15, -0.1) is 5.10 Å². The summed E-state index contributed by atoms with van der Waals surface area (Å²) in [4.78, 5) is 10.9. The van der Waals surface area contributed by atoms with Gasteiger partial charge in [0.1, 0.15) is 11.3 Å². The van der Waals surface area contributed by atoms with E-state index in [9.17, 15) is 9.18 Å². The third kappa shape index (κ3) is 1.93. The van der Waals surface area contributed by atoms with Crippen LogP contribution < -0.4 is 0 Å².